The summed E-state index contributed by atoms with van der Waals surface area (Å²) in [4.78, 5) is 5.23. The Balaban J connectivity index is 1.47. The fraction of sp³-hybridized carbons (Fsp3) is 1.00. The molecule has 0 spiro atoms. The molecule has 2 saturated heterocycles. The largest absolute Gasteiger partial charge is 0.396 e. The Kier molecular flexibility index (Phi) is 4.42. The van der Waals surface area contributed by atoms with Crippen molar-refractivity contribution >= 4 is 0 Å². The second-order valence-corrected chi connectivity index (χ2v) is 6.71. The Labute approximate surface area is 116 Å². The smallest absolute Gasteiger partial charge is 0.0557 e. The van der Waals surface area contributed by atoms with Crippen molar-refractivity contribution in [1.29, 1.82) is 0 Å². The fourth-order valence-corrected chi connectivity index (χ4v) is 3.98. The van der Waals surface area contributed by atoms with Gasteiger partial charge in [-0.1, -0.05) is 12.8 Å². The first-order valence-electron chi connectivity index (χ1n) is 7.96. The van der Waals surface area contributed by atoms with E-state index in [1.807, 2.05) is 0 Å². The van der Waals surface area contributed by atoms with Crippen LogP contribution in [0.5, 0.6) is 0 Å². The normalized spacial score (nSPS) is 35.2. The van der Waals surface area contributed by atoms with Gasteiger partial charge in [0.25, 0.3) is 0 Å². The van der Waals surface area contributed by atoms with Crippen LogP contribution in [0.3, 0.4) is 0 Å². The van der Waals surface area contributed by atoms with Crippen LogP contribution in [0.15, 0.2) is 0 Å². The highest BCUT2D eigenvalue weighted by Gasteiger charge is 2.37. The number of nitrogens with zero attached hydrogens (tertiary/aromatic N) is 2. The Hall–Kier alpha value is -0.160. The number of ether oxygens (including phenoxy) is 1. The predicted octanol–water partition coefficient (Wildman–Crippen LogP) is 0.946. The van der Waals surface area contributed by atoms with Crippen LogP contribution in [0, 0.1) is 5.41 Å². The molecule has 0 amide bonds. The average Bonchev–Trinajstić information content (AvgIpc) is 3.11. The van der Waals surface area contributed by atoms with Gasteiger partial charge in [0.15, 0.2) is 0 Å². The SMILES string of the molecule is OCC1(CN2CCN(C3CCCC3)CC2)CCOC1. The quantitative estimate of drug-likeness (QED) is 0.823. The Bertz CT molecular complexity index is 278. The minimum absolute atomic E-state index is 0.0233. The molecule has 0 aromatic carbocycles. The summed E-state index contributed by atoms with van der Waals surface area (Å²) < 4.78 is 5.50. The summed E-state index contributed by atoms with van der Waals surface area (Å²) >= 11 is 0. The molecular formula is C15H28N2O2. The molecule has 1 atom stereocenters. The van der Waals surface area contributed by atoms with Crippen molar-refractivity contribution in [3.8, 4) is 0 Å². The minimum Gasteiger partial charge on any atom is -0.396 e. The van der Waals surface area contributed by atoms with Crippen LogP contribution in [0.2, 0.25) is 0 Å². The van der Waals surface area contributed by atoms with Crippen molar-refractivity contribution in [3.63, 3.8) is 0 Å². The molecule has 4 nitrogen and oxygen atoms in total. The molecule has 0 radical (unpaired) electrons. The van der Waals surface area contributed by atoms with Gasteiger partial charge in [0, 0.05) is 50.8 Å². The lowest BCUT2D eigenvalue weighted by molar-refractivity contribution is 0.0282. The second-order valence-electron chi connectivity index (χ2n) is 6.71. The lowest BCUT2D eigenvalue weighted by Crippen LogP contribution is -2.52. The van der Waals surface area contributed by atoms with E-state index in [4.69, 9.17) is 4.74 Å². The van der Waals surface area contributed by atoms with E-state index in [9.17, 15) is 5.11 Å². The first-order valence-corrected chi connectivity index (χ1v) is 7.96. The molecular weight excluding hydrogens is 240 g/mol. The molecule has 4 heteroatoms. The lowest BCUT2D eigenvalue weighted by atomic mass is 9.87. The Morgan fingerprint density at radius 2 is 1.84 bits per heavy atom. The van der Waals surface area contributed by atoms with Crippen LogP contribution in [0.4, 0.5) is 0 Å². The van der Waals surface area contributed by atoms with Crippen molar-refractivity contribution in [2.75, 3.05) is 52.5 Å². The zero-order valence-corrected chi connectivity index (χ0v) is 12.0. The van der Waals surface area contributed by atoms with Gasteiger partial charge in [-0.15, -0.1) is 0 Å². The van der Waals surface area contributed by atoms with Gasteiger partial charge in [-0.2, -0.15) is 0 Å². The summed E-state index contributed by atoms with van der Waals surface area (Å²) in [5.41, 5.74) is 0.0233. The van der Waals surface area contributed by atoms with E-state index in [1.54, 1.807) is 0 Å². The van der Waals surface area contributed by atoms with Gasteiger partial charge in [-0.25, -0.2) is 0 Å². The van der Waals surface area contributed by atoms with E-state index in [2.05, 4.69) is 9.80 Å². The molecule has 3 aliphatic rings. The third-order valence-electron chi connectivity index (χ3n) is 5.33. The first-order chi connectivity index (χ1) is 9.31. The summed E-state index contributed by atoms with van der Waals surface area (Å²) in [5, 5.41) is 9.65. The molecule has 19 heavy (non-hydrogen) atoms. The predicted molar refractivity (Wildman–Crippen MR) is 75.2 cm³/mol. The fourth-order valence-electron chi connectivity index (χ4n) is 3.98. The van der Waals surface area contributed by atoms with Crippen LogP contribution >= 0.6 is 0 Å². The van der Waals surface area contributed by atoms with Crippen molar-refractivity contribution in [3.05, 3.63) is 0 Å². The Morgan fingerprint density at radius 3 is 2.42 bits per heavy atom. The van der Waals surface area contributed by atoms with Crippen LogP contribution in [-0.4, -0.2) is 73.5 Å². The van der Waals surface area contributed by atoms with E-state index >= 15 is 0 Å². The number of piperazine rings is 1. The van der Waals surface area contributed by atoms with Gasteiger partial charge in [0.2, 0.25) is 0 Å². The van der Waals surface area contributed by atoms with Gasteiger partial charge in [-0.3, -0.25) is 4.90 Å². The van der Waals surface area contributed by atoms with E-state index in [0.29, 0.717) is 0 Å². The van der Waals surface area contributed by atoms with Gasteiger partial charge < -0.3 is 14.7 Å². The third kappa shape index (κ3) is 3.13. The molecule has 1 unspecified atom stereocenters. The van der Waals surface area contributed by atoms with E-state index in [0.717, 1.165) is 45.3 Å². The van der Waals surface area contributed by atoms with Crippen LogP contribution < -0.4 is 0 Å². The van der Waals surface area contributed by atoms with E-state index in [-0.39, 0.29) is 12.0 Å². The molecule has 3 rings (SSSR count). The zero-order valence-electron chi connectivity index (χ0n) is 12.0. The lowest BCUT2D eigenvalue weighted by Gasteiger charge is -2.41. The van der Waals surface area contributed by atoms with E-state index in [1.165, 1.54) is 38.8 Å². The summed E-state index contributed by atoms with van der Waals surface area (Å²) in [5.74, 6) is 0. The molecule has 2 aliphatic heterocycles. The summed E-state index contributed by atoms with van der Waals surface area (Å²) in [6.07, 6.45) is 6.70. The summed E-state index contributed by atoms with van der Waals surface area (Å²) in [7, 11) is 0. The van der Waals surface area contributed by atoms with Crippen molar-refractivity contribution in [1.82, 2.24) is 9.80 Å². The average molecular weight is 268 g/mol. The van der Waals surface area contributed by atoms with Crippen LogP contribution in [0.1, 0.15) is 32.1 Å². The zero-order chi connectivity index (χ0) is 13.1. The molecule has 2 heterocycles. The highest BCUT2D eigenvalue weighted by Crippen LogP contribution is 2.30. The number of aliphatic hydroxyl groups is 1. The third-order valence-corrected chi connectivity index (χ3v) is 5.33. The molecule has 1 saturated carbocycles. The number of hydrogen-bond donors (Lipinski definition) is 1. The number of aliphatic hydroxyl groups excluding tert-OH is 1. The monoisotopic (exact) mass is 268 g/mol. The maximum Gasteiger partial charge on any atom is 0.0557 e. The van der Waals surface area contributed by atoms with Crippen LogP contribution in [0.25, 0.3) is 0 Å². The number of hydrogen-bond acceptors (Lipinski definition) is 4. The van der Waals surface area contributed by atoms with Crippen molar-refractivity contribution in [2.45, 2.75) is 38.1 Å². The standard InChI is InChI=1S/C15H28N2O2/c18-12-15(5-10-19-13-15)11-16-6-8-17(9-7-16)14-3-1-2-4-14/h14,18H,1-13H2. The summed E-state index contributed by atoms with van der Waals surface area (Å²) in [6, 6.07) is 0.865. The Morgan fingerprint density at radius 1 is 1.11 bits per heavy atom. The first kappa shape index (κ1) is 13.8. The van der Waals surface area contributed by atoms with Crippen molar-refractivity contribution in [2.24, 2.45) is 5.41 Å². The minimum atomic E-state index is 0.0233. The van der Waals surface area contributed by atoms with E-state index < -0.39 is 0 Å². The maximum absolute atomic E-state index is 9.65. The van der Waals surface area contributed by atoms with Crippen molar-refractivity contribution < 1.29 is 9.84 Å². The molecule has 0 aromatic rings. The molecule has 1 aliphatic carbocycles. The molecule has 110 valence electrons. The van der Waals surface area contributed by atoms with Crippen LogP contribution in [-0.2, 0) is 4.74 Å². The molecule has 0 bridgehead atoms. The van der Waals surface area contributed by atoms with Gasteiger partial charge >= 0.3 is 0 Å². The van der Waals surface area contributed by atoms with Gasteiger partial charge in [0.1, 0.15) is 0 Å². The molecule has 0 aromatic heterocycles. The topological polar surface area (TPSA) is 35.9 Å². The van der Waals surface area contributed by atoms with Gasteiger partial charge in [0.05, 0.1) is 13.2 Å². The second kappa shape index (κ2) is 6.08. The molecule has 1 N–H and O–H groups in total. The highest BCUT2D eigenvalue weighted by molar-refractivity contribution is 4.89. The van der Waals surface area contributed by atoms with Gasteiger partial charge in [-0.05, 0) is 19.3 Å². The summed E-state index contributed by atoms with van der Waals surface area (Å²) in [6.45, 7) is 7.61. The maximum atomic E-state index is 9.65. The highest BCUT2D eigenvalue weighted by atomic mass is 16.5. The number of rotatable bonds is 4. The molecule has 3 fully saturated rings.